The van der Waals surface area contributed by atoms with Gasteiger partial charge >= 0.3 is 0 Å². The Morgan fingerprint density at radius 2 is 1.74 bits per heavy atom. The van der Waals surface area contributed by atoms with Gasteiger partial charge in [-0.1, -0.05) is 19.8 Å². The van der Waals surface area contributed by atoms with Crippen LogP contribution in [-0.4, -0.2) is 27.7 Å². The maximum absolute atomic E-state index is 12.7. The predicted octanol–water partition coefficient (Wildman–Crippen LogP) is 3.34. The van der Waals surface area contributed by atoms with Gasteiger partial charge in [-0.2, -0.15) is 0 Å². The van der Waals surface area contributed by atoms with Crippen molar-refractivity contribution in [3.63, 3.8) is 0 Å². The zero-order valence-corrected chi connectivity index (χ0v) is 15.0. The van der Waals surface area contributed by atoms with E-state index in [9.17, 15) is 8.42 Å². The largest absolute Gasteiger partial charge is 0.490 e. The highest BCUT2D eigenvalue weighted by atomic mass is 32.2. The van der Waals surface area contributed by atoms with Crippen molar-refractivity contribution in [3.8, 4) is 11.5 Å². The van der Waals surface area contributed by atoms with E-state index in [1.807, 2.05) is 13.8 Å². The van der Waals surface area contributed by atoms with Crippen molar-refractivity contribution in [2.75, 3.05) is 13.2 Å². The summed E-state index contributed by atoms with van der Waals surface area (Å²) in [6.07, 6.45) is 4.22. The summed E-state index contributed by atoms with van der Waals surface area (Å²) in [6, 6.07) is 4.79. The van der Waals surface area contributed by atoms with Crippen molar-refractivity contribution >= 4 is 10.0 Å². The topological polar surface area (TPSA) is 64.6 Å². The lowest BCUT2D eigenvalue weighted by molar-refractivity contribution is 0.287. The van der Waals surface area contributed by atoms with Crippen LogP contribution in [0.15, 0.2) is 23.1 Å². The Labute approximate surface area is 139 Å². The van der Waals surface area contributed by atoms with Crippen LogP contribution in [0, 0.1) is 5.92 Å². The first-order valence-electron chi connectivity index (χ1n) is 8.40. The molecular weight excluding hydrogens is 314 g/mol. The number of hydrogen-bond acceptors (Lipinski definition) is 4. The van der Waals surface area contributed by atoms with Gasteiger partial charge in [0.15, 0.2) is 11.5 Å². The predicted molar refractivity (Wildman–Crippen MR) is 90.5 cm³/mol. The van der Waals surface area contributed by atoms with Gasteiger partial charge in [-0.05, 0) is 44.7 Å². The highest BCUT2D eigenvalue weighted by Gasteiger charge is 2.27. The third-order valence-electron chi connectivity index (χ3n) is 4.24. The van der Waals surface area contributed by atoms with Crippen molar-refractivity contribution in [1.29, 1.82) is 0 Å². The molecule has 6 heteroatoms. The molecular formula is C17H27NO4S. The quantitative estimate of drug-likeness (QED) is 0.826. The molecule has 0 aliphatic heterocycles. The Balaban J connectivity index is 2.22. The molecule has 1 aromatic carbocycles. The van der Waals surface area contributed by atoms with E-state index in [2.05, 4.69) is 11.6 Å². The molecule has 1 aliphatic rings. The lowest BCUT2D eigenvalue weighted by Gasteiger charge is -2.29. The van der Waals surface area contributed by atoms with Crippen molar-refractivity contribution in [3.05, 3.63) is 18.2 Å². The van der Waals surface area contributed by atoms with E-state index in [-0.39, 0.29) is 10.9 Å². The summed E-state index contributed by atoms with van der Waals surface area (Å²) in [5, 5.41) is 0. The third kappa shape index (κ3) is 4.61. The number of hydrogen-bond donors (Lipinski definition) is 1. The van der Waals surface area contributed by atoms with Crippen LogP contribution < -0.4 is 14.2 Å². The van der Waals surface area contributed by atoms with E-state index in [4.69, 9.17) is 9.47 Å². The second-order valence-corrected chi connectivity index (χ2v) is 7.68. The molecule has 0 amide bonds. The van der Waals surface area contributed by atoms with Gasteiger partial charge in [-0.15, -0.1) is 0 Å². The van der Waals surface area contributed by atoms with Gasteiger partial charge in [0.25, 0.3) is 0 Å². The fourth-order valence-electron chi connectivity index (χ4n) is 2.96. The number of rotatable bonds is 7. The molecule has 1 aliphatic carbocycles. The molecule has 0 spiro atoms. The SMILES string of the molecule is CCOc1ccc(S(=O)(=O)N[C@H]2CCCC[C@H]2C)cc1OCC. The molecule has 1 N–H and O–H groups in total. The zero-order chi connectivity index (χ0) is 16.9. The standard InChI is InChI=1S/C17H27NO4S/c1-4-21-16-11-10-14(12-17(16)22-5-2)23(19,20)18-15-9-7-6-8-13(15)3/h10-13,15,18H,4-9H2,1-3H3/t13-,15+/m1/s1. The van der Waals surface area contributed by atoms with Crippen LogP contribution >= 0.6 is 0 Å². The smallest absolute Gasteiger partial charge is 0.240 e. The molecule has 1 fully saturated rings. The van der Waals surface area contributed by atoms with Gasteiger partial charge in [0.2, 0.25) is 10.0 Å². The molecule has 1 saturated carbocycles. The second kappa shape index (κ2) is 8.02. The monoisotopic (exact) mass is 341 g/mol. The minimum atomic E-state index is -3.55. The van der Waals surface area contributed by atoms with E-state index in [0.717, 1.165) is 19.3 Å². The Morgan fingerprint density at radius 1 is 1.09 bits per heavy atom. The molecule has 5 nitrogen and oxygen atoms in total. The molecule has 1 aromatic rings. The molecule has 0 saturated heterocycles. The Bertz CT molecular complexity index is 615. The van der Waals surface area contributed by atoms with Crippen LogP contribution in [0.4, 0.5) is 0 Å². The highest BCUT2D eigenvalue weighted by molar-refractivity contribution is 7.89. The first-order valence-corrected chi connectivity index (χ1v) is 9.88. The zero-order valence-electron chi connectivity index (χ0n) is 14.2. The summed E-state index contributed by atoms with van der Waals surface area (Å²) in [4.78, 5) is 0.224. The number of benzene rings is 1. The average molecular weight is 341 g/mol. The van der Waals surface area contributed by atoms with E-state index in [1.54, 1.807) is 18.2 Å². The average Bonchev–Trinajstić information content (AvgIpc) is 2.51. The van der Waals surface area contributed by atoms with Crippen LogP contribution in [0.5, 0.6) is 11.5 Å². The van der Waals surface area contributed by atoms with E-state index < -0.39 is 10.0 Å². The Kier molecular flexibility index (Phi) is 6.30. The molecule has 0 bridgehead atoms. The van der Waals surface area contributed by atoms with Crippen LogP contribution in [0.2, 0.25) is 0 Å². The fraction of sp³-hybridized carbons (Fsp3) is 0.647. The summed E-state index contributed by atoms with van der Waals surface area (Å²) >= 11 is 0. The van der Waals surface area contributed by atoms with Gasteiger partial charge in [-0.25, -0.2) is 13.1 Å². The minimum absolute atomic E-state index is 0.0101. The maximum atomic E-state index is 12.7. The normalized spacial score (nSPS) is 21.9. The van der Waals surface area contributed by atoms with Gasteiger partial charge < -0.3 is 9.47 Å². The number of ether oxygens (including phenoxy) is 2. The lowest BCUT2D eigenvalue weighted by atomic mass is 9.87. The molecule has 23 heavy (non-hydrogen) atoms. The molecule has 2 rings (SSSR count). The van der Waals surface area contributed by atoms with E-state index in [0.29, 0.717) is 30.6 Å². The van der Waals surface area contributed by atoms with Crippen molar-refractivity contribution < 1.29 is 17.9 Å². The van der Waals surface area contributed by atoms with Crippen LogP contribution in [-0.2, 0) is 10.0 Å². The number of sulfonamides is 1. The molecule has 130 valence electrons. The minimum Gasteiger partial charge on any atom is -0.490 e. The summed E-state index contributed by atoms with van der Waals surface area (Å²) in [7, 11) is -3.55. The molecule has 2 atom stereocenters. The van der Waals surface area contributed by atoms with E-state index >= 15 is 0 Å². The summed E-state index contributed by atoms with van der Waals surface area (Å²) in [5.41, 5.74) is 0. The summed E-state index contributed by atoms with van der Waals surface area (Å²) in [5.74, 6) is 1.40. The van der Waals surface area contributed by atoms with Gasteiger partial charge in [0.1, 0.15) is 0 Å². The Hall–Kier alpha value is -1.27. The van der Waals surface area contributed by atoms with Gasteiger partial charge in [-0.3, -0.25) is 0 Å². The van der Waals surface area contributed by atoms with Crippen LogP contribution in [0.1, 0.15) is 46.5 Å². The molecule has 0 unspecified atom stereocenters. The fourth-order valence-corrected chi connectivity index (χ4v) is 4.35. The molecule has 0 heterocycles. The van der Waals surface area contributed by atoms with Crippen molar-refractivity contribution in [2.24, 2.45) is 5.92 Å². The van der Waals surface area contributed by atoms with Crippen molar-refractivity contribution in [2.45, 2.75) is 57.4 Å². The summed E-state index contributed by atoms with van der Waals surface area (Å²) < 4.78 is 39.2. The first kappa shape index (κ1) is 18.1. The van der Waals surface area contributed by atoms with Crippen LogP contribution in [0.25, 0.3) is 0 Å². The van der Waals surface area contributed by atoms with Gasteiger partial charge in [0.05, 0.1) is 18.1 Å². The Morgan fingerprint density at radius 3 is 2.39 bits per heavy atom. The molecule has 0 radical (unpaired) electrons. The maximum Gasteiger partial charge on any atom is 0.240 e. The lowest BCUT2D eigenvalue weighted by Crippen LogP contribution is -2.40. The summed E-state index contributed by atoms with van der Waals surface area (Å²) in [6.45, 7) is 6.81. The second-order valence-electron chi connectivity index (χ2n) is 5.96. The third-order valence-corrected chi connectivity index (χ3v) is 5.73. The van der Waals surface area contributed by atoms with Gasteiger partial charge in [0, 0.05) is 12.1 Å². The number of nitrogens with one attached hydrogen (secondary N) is 1. The van der Waals surface area contributed by atoms with E-state index in [1.165, 1.54) is 6.42 Å². The molecule has 0 aromatic heterocycles. The van der Waals surface area contributed by atoms with Crippen molar-refractivity contribution in [1.82, 2.24) is 4.72 Å². The van der Waals surface area contributed by atoms with Crippen LogP contribution in [0.3, 0.4) is 0 Å². The first-order chi connectivity index (χ1) is 11.0. The highest BCUT2D eigenvalue weighted by Crippen LogP contribution is 2.31.